The highest BCUT2D eigenvalue weighted by Gasteiger charge is 2.56. The number of carboxylic acid groups (broad SMARTS) is 3. The molecule has 0 bridgehead atoms. The van der Waals surface area contributed by atoms with Crippen molar-refractivity contribution < 1.29 is 123 Å². The zero-order valence-corrected chi connectivity index (χ0v) is 59.1. The SMILES string of the molecule is CC(C)C[C@H](NC(=O)[C@H](Cc1cnc[nH]1)NC(=O)[C@@H](N[C@@]1(CO)O[C@H](CO)[C@@H](O)[C@@H]1O)C(C)C)C(=O)N[C@H](C(=O)N1CCC[C@H]1C(=O)N[C@@H](CCC(=O)O)C(=O)N[C@@H](CCC(=O)O)C(=O)N[C@@H](CCCCN)C(=O)N[C@@H](CO)C(=O)N[C@@H](C)C(=O)N[C@H](C(=O)N[C@H](C(=O)O)[C@@H](C)O)C(C)C)[C@@H](C)O. The lowest BCUT2D eigenvalue weighted by molar-refractivity contribution is -0.153. The number of carboxylic acids is 3. The van der Waals surface area contributed by atoms with E-state index >= 15 is 0 Å². The van der Waals surface area contributed by atoms with E-state index < -0.39 is 249 Å². The number of nitrogens with one attached hydrogen (secondary N) is 12. The lowest BCUT2D eigenvalue weighted by atomic mass is 9.97. The molecule has 40 nitrogen and oxygen atoms in total. The molecule has 2 aliphatic rings. The number of unbranched alkanes of at least 4 members (excludes halogenated alkanes) is 1. The van der Waals surface area contributed by atoms with E-state index in [0.717, 1.165) is 18.7 Å². The Morgan fingerprint density at radius 1 is 0.592 bits per heavy atom. The highest BCUT2D eigenvalue weighted by molar-refractivity contribution is 6.00. The molecule has 0 saturated carbocycles. The molecule has 3 heterocycles. The molecule has 2 fully saturated rings. The lowest BCUT2D eigenvalue weighted by Gasteiger charge is -2.36. The van der Waals surface area contributed by atoms with Crippen molar-refractivity contribution in [1.29, 1.82) is 0 Å². The number of hydrogen-bond donors (Lipinski definition) is 23. The van der Waals surface area contributed by atoms with Crippen molar-refractivity contribution in [3.05, 3.63) is 18.2 Å². The first-order chi connectivity index (χ1) is 48.3. The molecule has 11 amide bonds. The number of imidazole rings is 1. The topological polar surface area (TPSA) is 641 Å². The second-order valence-electron chi connectivity index (χ2n) is 26.7. The van der Waals surface area contributed by atoms with Crippen LogP contribution in [0.15, 0.2) is 12.5 Å². The molecule has 3 rings (SSSR count). The molecule has 582 valence electrons. The van der Waals surface area contributed by atoms with Crippen LogP contribution in [-0.4, -0.2) is 290 Å². The van der Waals surface area contributed by atoms with Gasteiger partial charge >= 0.3 is 17.9 Å². The quantitative estimate of drug-likeness (QED) is 0.0270. The predicted octanol–water partition coefficient (Wildman–Crippen LogP) is -8.37. The van der Waals surface area contributed by atoms with Crippen LogP contribution in [0.4, 0.5) is 0 Å². The molecule has 0 spiro atoms. The molecular formula is C63H105N15O25. The van der Waals surface area contributed by atoms with Gasteiger partial charge in [-0.2, -0.15) is 0 Å². The first-order valence-corrected chi connectivity index (χ1v) is 34.0. The molecule has 24 N–H and O–H groups in total. The van der Waals surface area contributed by atoms with Crippen molar-refractivity contribution >= 4 is 82.9 Å². The van der Waals surface area contributed by atoms with Gasteiger partial charge in [0.2, 0.25) is 65.0 Å². The summed E-state index contributed by atoms with van der Waals surface area (Å²) in [4.78, 5) is 197. The van der Waals surface area contributed by atoms with Gasteiger partial charge in [-0.15, -0.1) is 0 Å². The summed E-state index contributed by atoms with van der Waals surface area (Å²) in [7, 11) is 0. The van der Waals surface area contributed by atoms with Gasteiger partial charge in [0.05, 0.1) is 44.4 Å². The number of nitrogens with zero attached hydrogens (tertiary/aromatic N) is 2. The van der Waals surface area contributed by atoms with Gasteiger partial charge in [-0.1, -0.05) is 41.5 Å². The predicted molar refractivity (Wildman–Crippen MR) is 357 cm³/mol. The van der Waals surface area contributed by atoms with E-state index in [-0.39, 0.29) is 64.0 Å². The smallest absolute Gasteiger partial charge is 0.328 e. The maximum atomic E-state index is 14.6. The summed E-state index contributed by atoms with van der Waals surface area (Å²) in [5, 5.41) is 128. The fourth-order valence-electron chi connectivity index (χ4n) is 11.3. The fraction of sp³-hybridized carbons (Fsp3) is 0.730. The molecule has 2 aliphatic heterocycles. The van der Waals surface area contributed by atoms with Crippen LogP contribution in [0, 0.1) is 17.8 Å². The van der Waals surface area contributed by atoms with Crippen molar-refractivity contribution in [3.8, 4) is 0 Å². The third kappa shape index (κ3) is 26.9. The summed E-state index contributed by atoms with van der Waals surface area (Å²) < 4.78 is 5.62. The molecular weight excluding hydrogens is 1370 g/mol. The molecule has 0 aliphatic carbocycles. The first-order valence-electron chi connectivity index (χ1n) is 34.0. The van der Waals surface area contributed by atoms with Crippen LogP contribution >= 0.6 is 0 Å². The van der Waals surface area contributed by atoms with Gasteiger partial charge < -0.3 is 125 Å². The molecule has 1 aromatic heterocycles. The van der Waals surface area contributed by atoms with Gasteiger partial charge in [0.1, 0.15) is 78.7 Å². The average molecular weight is 1470 g/mol. The summed E-state index contributed by atoms with van der Waals surface area (Å²) in [5.41, 5.74) is 3.87. The number of aliphatic carboxylic acids is 3. The van der Waals surface area contributed by atoms with Gasteiger partial charge in [0.25, 0.3) is 0 Å². The Balaban J connectivity index is 1.86. The van der Waals surface area contributed by atoms with Crippen LogP contribution in [0.1, 0.15) is 132 Å². The number of H-pyrrole nitrogens is 1. The number of amides is 11. The molecule has 2 saturated heterocycles. The third-order valence-corrected chi connectivity index (χ3v) is 17.1. The van der Waals surface area contributed by atoms with Gasteiger partial charge in [0.15, 0.2) is 11.8 Å². The van der Waals surface area contributed by atoms with Gasteiger partial charge in [-0.25, -0.2) is 9.78 Å². The Kier molecular flexibility index (Phi) is 36.3. The van der Waals surface area contributed by atoms with Crippen LogP contribution in [0.25, 0.3) is 0 Å². The standard InChI is InChI=1S/C63H105N15O25/c1-28(2)21-38(71-55(94)39(22-34-23-65-27-66-34)72-60(99)46(30(5)6)77-63(26-81)50(89)49(88)42(25-80)103-63)56(95)75-47(32(8)82)61(100)78-20-12-14-41(78)58(97)70-37(16-18-44(86)87)54(93)69-36(15-17-43(84)85)53(92)68-35(13-10-11-19-64)52(91)73-40(24-79)57(96)67-31(7)51(90)74-45(29(3)4)59(98)76-48(33(9)83)62(101)102/h23,27-33,35-42,45-50,77,79-83,88-89H,10-22,24-26,64H2,1-9H3,(H,65,66)(H,67,96)(H,68,92)(H,69,93)(H,70,97)(H,71,94)(H,72,99)(H,73,91)(H,74,90)(H,75,95)(H,76,98)(H,84,85)(H,86,87)(H,101,102)/t31-,32+,33+,35-,36-,37-,38-,39-,40-,41-,42+,45-,46-,47-,48-,49+,50-,63-/m0/s1. The summed E-state index contributed by atoms with van der Waals surface area (Å²) in [6.07, 6.45) is -8.53. The Morgan fingerprint density at radius 3 is 1.55 bits per heavy atom. The highest BCUT2D eigenvalue weighted by atomic mass is 16.6. The summed E-state index contributed by atoms with van der Waals surface area (Å²) in [6.45, 7) is 10.1. The monoisotopic (exact) mass is 1470 g/mol. The van der Waals surface area contributed by atoms with Crippen LogP contribution in [0.3, 0.4) is 0 Å². The van der Waals surface area contributed by atoms with Gasteiger partial charge in [0, 0.05) is 37.7 Å². The minimum Gasteiger partial charge on any atom is -0.481 e. The number of likely N-dealkylation sites (tertiary alicyclic amines) is 1. The molecule has 0 unspecified atom stereocenters. The number of rotatable bonds is 45. The number of aromatic amines is 1. The maximum Gasteiger partial charge on any atom is 0.328 e. The van der Waals surface area contributed by atoms with E-state index in [1.165, 1.54) is 33.3 Å². The number of nitrogens with two attached hydrogens (primary N) is 1. The first kappa shape index (κ1) is 88.6. The molecule has 1 aromatic rings. The minimum absolute atomic E-state index is 0.0960. The lowest BCUT2D eigenvalue weighted by Crippen LogP contribution is -2.66. The molecule has 0 radical (unpaired) electrons. The van der Waals surface area contributed by atoms with E-state index in [4.69, 9.17) is 10.5 Å². The second-order valence-corrected chi connectivity index (χ2v) is 26.7. The number of hydrogen-bond acceptors (Lipinski definition) is 25. The van der Waals surface area contributed by atoms with Crippen molar-refractivity contribution in [2.45, 2.75) is 242 Å². The Morgan fingerprint density at radius 2 is 1.08 bits per heavy atom. The normalized spacial score (nSPS) is 21.1. The van der Waals surface area contributed by atoms with Crippen molar-refractivity contribution in [2.75, 3.05) is 32.9 Å². The Labute approximate surface area is 593 Å². The fourth-order valence-corrected chi connectivity index (χ4v) is 11.3. The largest absolute Gasteiger partial charge is 0.481 e. The number of aliphatic hydroxyl groups excluding tert-OH is 7. The molecule has 0 aromatic carbocycles. The summed E-state index contributed by atoms with van der Waals surface area (Å²) >= 11 is 0. The summed E-state index contributed by atoms with van der Waals surface area (Å²) in [6, 6.07) is -19.4. The summed E-state index contributed by atoms with van der Waals surface area (Å²) in [5.74, 6) is -17.8. The number of carbonyl (C=O) groups excluding carboxylic acids is 11. The van der Waals surface area contributed by atoms with E-state index in [1.807, 2.05) is 0 Å². The number of ether oxygens (including phenoxy) is 1. The molecule has 18 atom stereocenters. The van der Waals surface area contributed by atoms with E-state index in [0.29, 0.717) is 5.69 Å². The van der Waals surface area contributed by atoms with Crippen molar-refractivity contribution in [1.82, 2.24) is 73.4 Å². The minimum atomic E-state index is -2.15. The number of carbonyl (C=O) groups is 14. The maximum absolute atomic E-state index is 14.6. The average Bonchev–Trinajstić information content (AvgIpc) is 1.64. The van der Waals surface area contributed by atoms with Crippen LogP contribution in [0.2, 0.25) is 0 Å². The van der Waals surface area contributed by atoms with Crippen LogP contribution in [0.5, 0.6) is 0 Å². The van der Waals surface area contributed by atoms with Crippen molar-refractivity contribution in [3.63, 3.8) is 0 Å². The third-order valence-electron chi connectivity index (χ3n) is 17.1. The van der Waals surface area contributed by atoms with Crippen molar-refractivity contribution in [2.24, 2.45) is 23.5 Å². The number of aromatic nitrogens is 2. The van der Waals surface area contributed by atoms with E-state index in [1.54, 1.807) is 27.7 Å². The highest BCUT2D eigenvalue weighted by Crippen LogP contribution is 2.31. The van der Waals surface area contributed by atoms with E-state index in [9.17, 15) is 118 Å². The Hall–Kier alpha value is -8.61. The van der Waals surface area contributed by atoms with Crippen LogP contribution < -0.4 is 64.2 Å². The van der Waals surface area contributed by atoms with Gasteiger partial charge in [-0.05, 0) is 96.4 Å². The zero-order chi connectivity index (χ0) is 77.9. The van der Waals surface area contributed by atoms with Crippen LogP contribution in [-0.2, 0) is 78.3 Å². The molecule has 40 heteroatoms. The van der Waals surface area contributed by atoms with E-state index in [2.05, 4.69) is 68.5 Å². The molecule has 103 heavy (non-hydrogen) atoms. The second kappa shape index (κ2) is 42.2. The van der Waals surface area contributed by atoms with Gasteiger partial charge in [-0.3, -0.25) is 67.6 Å². The Bertz CT molecular complexity index is 3050. The number of aliphatic hydroxyl groups is 7. The zero-order valence-electron chi connectivity index (χ0n) is 59.1.